The Morgan fingerprint density at radius 2 is 2.03 bits per heavy atom. The summed E-state index contributed by atoms with van der Waals surface area (Å²) >= 11 is 0. The van der Waals surface area contributed by atoms with Crippen LogP contribution in [-0.2, 0) is 13.1 Å². The van der Waals surface area contributed by atoms with Gasteiger partial charge in [0.2, 0.25) is 5.95 Å². The number of imidazole rings is 1. The minimum atomic E-state index is -0.133. The van der Waals surface area contributed by atoms with E-state index in [0.29, 0.717) is 24.1 Å². The normalized spacial score (nSPS) is 18.7. The molecule has 1 aliphatic carbocycles. The Morgan fingerprint density at radius 3 is 2.88 bits per heavy atom. The number of anilines is 1. The van der Waals surface area contributed by atoms with Crippen LogP contribution in [0.1, 0.15) is 37.8 Å². The Hall–Kier alpha value is -3.52. The second kappa shape index (κ2) is 8.68. The van der Waals surface area contributed by atoms with Gasteiger partial charge in [-0.05, 0) is 43.6 Å². The quantitative estimate of drug-likeness (QED) is 0.464. The molecule has 1 fully saturated rings. The van der Waals surface area contributed by atoms with Gasteiger partial charge in [0, 0.05) is 37.3 Å². The van der Waals surface area contributed by atoms with E-state index in [0.717, 1.165) is 61.2 Å². The zero-order valence-electron chi connectivity index (χ0n) is 19.2. The fourth-order valence-electron chi connectivity index (χ4n) is 5.30. The second-order valence-corrected chi connectivity index (χ2v) is 9.42. The lowest BCUT2D eigenvalue weighted by atomic mass is 10.1. The van der Waals surface area contributed by atoms with Gasteiger partial charge in [-0.25, -0.2) is 9.67 Å². The average Bonchev–Trinajstić information content (AvgIpc) is 3.50. The lowest BCUT2D eigenvalue weighted by Crippen LogP contribution is -2.44. The van der Waals surface area contributed by atoms with Crippen LogP contribution in [0, 0.1) is 0 Å². The number of fused-ring (bicyclic) bond motifs is 2. The molecule has 1 saturated heterocycles. The number of nitrogens with zero attached hydrogens (tertiary/aromatic N) is 6. The predicted molar refractivity (Wildman–Crippen MR) is 134 cm³/mol. The van der Waals surface area contributed by atoms with Crippen molar-refractivity contribution in [2.24, 2.45) is 5.73 Å². The molecule has 174 valence electrons. The fourth-order valence-corrected chi connectivity index (χ4v) is 5.30. The Labute approximate surface area is 197 Å². The fraction of sp³-hybridized carbons (Fsp3) is 0.385. The summed E-state index contributed by atoms with van der Waals surface area (Å²) in [7, 11) is 0. The second-order valence-electron chi connectivity index (χ2n) is 9.42. The van der Waals surface area contributed by atoms with Crippen molar-refractivity contribution < 1.29 is 0 Å². The Balaban J connectivity index is 1.46. The van der Waals surface area contributed by atoms with E-state index < -0.39 is 0 Å². The molecule has 0 bridgehead atoms. The highest BCUT2D eigenvalue weighted by Crippen LogP contribution is 2.27. The molecule has 1 aliphatic heterocycles. The highest BCUT2D eigenvalue weighted by atomic mass is 16.1. The summed E-state index contributed by atoms with van der Waals surface area (Å²) in [6.07, 6.45) is 11.2. The molecule has 4 aromatic rings. The largest absolute Gasteiger partial charge is 0.341 e. The first-order valence-electron chi connectivity index (χ1n) is 12.1. The molecular weight excluding hydrogens is 426 g/mol. The number of hydrogen-bond acceptors (Lipinski definition) is 6. The molecule has 1 aromatic carbocycles. The van der Waals surface area contributed by atoms with Crippen LogP contribution in [0.4, 0.5) is 5.95 Å². The summed E-state index contributed by atoms with van der Waals surface area (Å²) in [4.78, 5) is 25.5. The van der Waals surface area contributed by atoms with Crippen LogP contribution < -0.4 is 16.2 Å². The summed E-state index contributed by atoms with van der Waals surface area (Å²) < 4.78 is 3.62. The number of piperidine rings is 1. The van der Waals surface area contributed by atoms with Crippen molar-refractivity contribution in [2.45, 2.75) is 51.2 Å². The molecular formula is C26H29N7O. The molecule has 0 radical (unpaired) electrons. The highest BCUT2D eigenvalue weighted by molar-refractivity contribution is 5.84. The predicted octanol–water partition coefficient (Wildman–Crippen LogP) is 3.23. The number of allylic oxidation sites excluding steroid dienone is 2. The summed E-state index contributed by atoms with van der Waals surface area (Å²) in [5, 5.41) is 6.62. The molecule has 3 aromatic heterocycles. The van der Waals surface area contributed by atoms with Crippen LogP contribution in [0.5, 0.6) is 0 Å². The molecule has 8 heteroatoms. The van der Waals surface area contributed by atoms with Crippen LogP contribution in [0.15, 0.2) is 59.2 Å². The van der Waals surface area contributed by atoms with Gasteiger partial charge in [0.05, 0.1) is 18.4 Å². The molecule has 0 amide bonds. The summed E-state index contributed by atoms with van der Waals surface area (Å²) in [6.45, 7) is 2.65. The smallest absolute Gasteiger partial charge is 0.293 e. The van der Waals surface area contributed by atoms with Gasteiger partial charge in [-0.2, -0.15) is 5.10 Å². The van der Waals surface area contributed by atoms with Gasteiger partial charge in [-0.1, -0.05) is 35.9 Å². The monoisotopic (exact) mass is 455 g/mol. The van der Waals surface area contributed by atoms with Gasteiger partial charge >= 0.3 is 0 Å². The Morgan fingerprint density at radius 1 is 1.12 bits per heavy atom. The number of nitrogens with two attached hydrogens (primary N) is 1. The first-order chi connectivity index (χ1) is 16.7. The standard InChI is InChI=1S/C26H29N7O/c27-20-9-5-13-31(16-20)26-30-22-14-29-33(17-23-21-10-4-3-8-19(21)11-12-28-23)25(34)24(22)32(26)15-18-6-1-2-7-18/h3-4,6,8,10-12,14,20H,1-2,5,7,9,13,15-17,27H2. The molecule has 1 unspecified atom stereocenters. The third-order valence-corrected chi connectivity index (χ3v) is 7.02. The number of hydrogen-bond donors (Lipinski definition) is 1. The van der Waals surface area contributed by atoms with Gasteiger partial charge < -0.3 is 15.2 Å². The first kappa shape index (κ1) is 21.0. The van der Waals surface area contributed by atoms with Crippen LogP contribution >= 0.6 is 0 Å². The van der Waals surface area contributed by atoms with E-state index in [1.165, 1.54) is 16.7 Å². The molecule has 2 aliphatic rings. The highest BCUT2D eigenvalue weighted by Gasteiger charge is 2.25. The third-order valence-electron chi connectivity index (χ3n) is 7.02. The van der Waals surface area contributed by atoms with Gasteiger partial charge in [0.15, 0.2) is 0 Å². The van der Waals surface area contributed by atoms with Crippen molar-refractivity contribution in [2.75, 3.05) is 18.0 Å². The molecule has 1 atom stereocenters. The molecule has 6 rings (SSSR count). The Kier molecular flexibility index (Phi) is 5.37. The molecule has 2 N–H and O–H groups in total. The SMILES string of the molecule is NC1CCCN(c2nc3cnn(Cc4nccc5ccccc45)c(=O)c3n2CC2=CCCC2)C1. The van der Waals surface area contributed by atoms with Gasteiger partial charge in [0.25, 0.3) is 5.56 Å². The van der Waals surface area contributed by atoms with Crippen molar-refractivity contribution in [3.05, 3.63) is 70.4 Å². The lowest BCUT2D eigenvalue weighted by Gasteiger charge is -2.32. The zero-order chi connectivity index (χ0) is 23.1. The van der Waals surface area contributed by atoms with Crippen molar-refractivity contribution in [3.63, 3.8) is 0 Å². The summed E-state index contributed by atoms with van der Waals surface area (Å²) in [5.41, 5.74) is 9.59. The molecule has 0 saturated carbocycles. The Bertz CT molecular complexity index is 1450. The van der Waals surface area contributed by atoms with Gasteiger partial charge in [-0.3, -0.25) is 9.78 Å². The number of rotatable bonds is 5. The van der Waals surface area contributed by atoms with E-state index in [-0.39, 0.29) is 11.6 Å². The van der Waals surface area contributed by atoms with Gasteiger partial charge in [-0.15, -0.1) is 0 Å². The molecule has 8 nitrogen and oxygen atoms in total. The van der Waals surface area contributed by atoms with E-state index in [1.54, 1.807) is 12.4 Å². The average molecular weight is 456 g/mol. The number of pyridine rings is 1. The zero-order valence-corrected chi connectivity index (χ0v) is 19.2. The molecule has 34 heavy (non-hydrogen) atoms. The van der Waals surface area contributed by atoms with E-state index >= 15 is 0 Å². The van der Waals surface area contributed by atoms with Crippen molar-refractivity contribution in [1.82, 2.24) is 24.3 Å². The van der Waals surface area contributed by atoms with E-state index in [4.69, 9.17) is 10.7 Å². The number of aromatic nitrogens is 5. The van der Waals surface area contributed by atoms with Crippen LogP contribution in [0.2, 0.25) is 0 Å². The maximum Gasteiger partial charge on any atom is 0.293 e. The van der Waals surface area contributed by atoms with E-state index in [2.05, 4.69) is 31.7 Å². The lowest BCUT2D eigenvalue weighted by molar-refractivity contribution is 0.495. The maximum absolute atomic E-state index is 13.8. The van der Waals surface area contributed by atoms with Crippen LogP contribution in [0.25, 0.3) is 21.8 Å². The van der Waals surface area contributed by atoms with E-state index in [1.807, 2.05) is 24.3 Å². The van der Waals surface area contributed by atoms with Crippen molar-refractivity contribution >= 4 is 27.8 Å². The third kappa shape index (κ3) is 3.77. The van der Waals surface area contributed by atoms with Gasteiger partial charge in [0.1, 0.15) is 11.0 Å². The first-order valence-corrected chi connectivity index (χ1v) is 12.1. The van der Waals surface area contributed by atoms with E-state index in [9.17, 15) is 4.79 Å². The number of benzene rings is 1. The topological polar surface area (TPSA) is 94.9 Å². The minimum Gasteiger partial charge on any atom is -0.341 e. The maximum atomic E-state index is 13.8. The van der Waals surface area contributed by atoms with Crippen LogP contribution in [0.3, 0.4) is 0 Å². The summed E-state index contributed by atoms with van der Waals surface area (Å²) in [6, 6.07) is 10.2. The molecule has 0 spiro atoms. The van der Waals surface area contributed by atoms with Crippen molar-refractivity contribution in [3.8, 4) is 0 Å². The minimum absolute atomic E-state index is 0.125. The summed E-state index contributed by atoms with van der Waals surface area (Å²) in [5.74, 6) is 0.831. The van der Waals surface area contributed by atoms with Crippen LogP contribution in [-0.4, -0.2) is 43.4 Å². The molecule has 4 heterocycles. The van der Waals surface area contributed by atoms with Crippen molar-refractivity contribution in [1.29, 1.82) is 0 Å².